The van der Waals surface area contributed by atoms with Crippen molar-refractivity contribution >= 4 is 22.9 Å². The molecule has 1 heterocycles. The molecular formula is C21H21N3S. The van der Waals surface area contributed by atoms with Crippen LogP contribution in [-0.4, -0.2) is 5.84 Å². The third-order valence-corrected chi connectivity index (χ3v) is 5.54. The number of nitrogens with one attached hydrogen (secondary N) is 3. The van der Waals surface area contributed by atoms with Crippen LogP contribution < -0.4 is 10.6 Å². The van der Waals surface area contributed by atoms with E-state index < -0.39 is 0 Å². The molecule has 0 bridgehead atoms. The van der Waals surface area contributed by atoms with Gasteiger partial charge in [0.15, 0.2) is 0 Å². The summed E-state index contributed by atoms with van der Waals surface area (Å²) in [6.07, 6.45) is 2.22. The molecule has 4 heteroatoms. The molecule has 1 aliphatic rings. The van der Waals surface area contributed by atoms with Gasteiger partial charge >= 0.3 is 0 Å². The lowest BCUT2D eigenvalue weighted by atomic mass is 10.1. The summed E-state index contributed by atoms with van der Waals surface area (Å²) in [4.78, 5) is 0.961. The van der Waals surface area contributed by atoms with E-state index in [1.807, 2.05) is 17.5 Å². The molecule has 1 aromatic heterocycles. The Morgan fingerprint density at radius 1 is 1.08 bits per heavy atom. The number of benzene rings is 2. The highest BCUT2D eigenvalue weighted by Gasteiger charge is 2.22. The van der Waals surface area contributed by atoms with E-state index in [9.17, 15) is 0 Å². The molecule has 3 N–H and O–H groups in total. The molecule has 3 nitrogen and oxygen atoms in total. The molecule has 25 heavy (non-hydrogen) atoms. The fourth-order valence-corrected chi connectivity index (χ4v) is 4.00. The maximum absolute atomic E-state index is 8.17. The Morgan fingerprint density at radius 2 is 1.96 bits per heavy atom. The largest absolute Gasteiger partial charge is 0.340 e. The van der Waals surface area contributed by atoms with Crippen LogP contribution in [0.1, 0.15) is 34.0 Å². The molecule has 1 unspecified atom stereocenters. The van der Waals surface area contributed by atoms with Gasteiger partial charge in [0, 0.05) is 18.3 Å². The van der Waals surface area contributed by atoms with E-state index in [2.05, 4.69) is 59.2 Å². The van der Waals surface area contributed by atoms with Gasteiger partial charge in [-0.05, 0) is 53.1 Å². The van der Waals surface area contributed by atoms with E-state index in [0.29, 0.717) is 11.9 Å². The van der Waals surface area contributed by atoms with E-state index in [1.165, 1.54) is 16.7 Å². The van der Waals surface area contributed by atoms with Crippen molar-refractivity contribution in [3.05, 3.63) is 87.6 Å². The molecular weight excluding hydrogens is 326 g/mol. The number of thiophene rings is 1. The SMILES string of the molecule is N=C(Nc1ccc2c(c1)CCC2NCc1ccccc1)c1cccs1. The van der Waals surface area contributed by atoms with Crippen LogP contribution >= 0.6 is 11.3 Å². The number of anilines is 1. The van der Waals surface area contributed by atoms with Gasteiger partial charge < -0.3 is 10.6 Å². The molecule has 3 aromatic rings. The topological polar surface area (TPSA) is 47.9 Å². The first-order valence-electron chi connectivity index (χ1n) is 8.59. The smallest absolute Gasteiger partial charge is 0.140 e. The molecule has 1 atom stereocenters. The molecule has 0 saturated heterocycles. The summed E-state index contributed by atoms with van der Waals surface area (Å²) in [6.45, 7) is 0.897. The van der Waals surface area contributed by atoms with Gasteiger partial charge in [-0.2, -0.15) is 0 Å². The third kappa shape index (κ3) is 3.65. The first-order chi connectivity index (χ1) is 12.3. The highest BCUT2D eigenvalue weighted by atomic mass is 32.1. The second-order valence-electron chi connectivity index (χ2n) is 6.35. The van der Waals surface area contributed by atoms with Gasteiger partial charge in [0.25, 0.3) is 0 Å². The molecule has 0 spiro atoms. The molecule has 0 saturated carbocycles. The quantitative estimate of drug-likeness (QED) is 0.451. The van der Waals surface area contributed by atoms with Crippen LogP contribution in [-0.2, 0) is 13.0 Å². The maximum atomic E-state index is 8.17. The van der Waals surface area contributed by atoms with Crippen LogP contribution in [0.2, 0.25) is 0 Å². The fraction of sp³-hybridized carbons (Fsp3) is 0.190. The van der Waals surface area contributed by atoms with Crippen LogP contribution in [0.15, 0.2) is 66.0 Å². The number of fused-ring (bicyclic) bond motifs is 1. The number of hydrogen-bond donors (Lipinski definition) is 3. The van der Waals surface area contributed by atoms with Crippen LogP contribution in [0, 0.1) is 5.41 Å². The zero-order chi connectivity index (χ0) is 17.1. The molecule has 4 rings (SSSR count). The van der Waals surface area contributed by atoms with Gasteiger partial charge in [-0.25, -0.2) is 0 Å². The van der Waals surface area contributed by atoms with Gasteiger partial charge in [0.1, 0.15) is 5.84 Å². The summed E-state index contributed by atoms with van der Waals surface area (Å²) in [6, 6.07) is 21.4. The number of hydrogen-bond acceptors (Lipinski definition) is 3. The van der Waals surface area contributed by atoms with Gasteiger partial charge in [0.2, 0.25) is 0 Å². The van der Waals surface area contributed by atoms with Crippen molar-refractivity contribution in [1.82, 2.24) is 5.32 Å². The summed E-state index contributed by atoms with van der Waals surface area (Å²) in [5.41, 5.74) is 5.10. The summed E-state index contributed by atoms with van der Waals surface area (Å²) < 4.78 is 0. The van der Waals surface area contributed by atoms with Crippen molar-refractivity contribution in [2.75, 3.05) is 5.32 Å². The summed E-state index contributed by atoms with van der Waals surface area (Å²) in [5, 5.41) is 17.1. The predicted molar refractivity (Wildman–Crippen MR) is 106 cm³/mol. The Labute approximate surface area is 152 Å². The lowest BCUT2D eigenvalue weighted by molar-refractivity contribution is 0.530. The van der Waals surface area contributed by atoms with Crippen molar-refractivity contribution in [3.8, 4) is 0 Å². The van der Waals surface area contributed by atoms with Gasteiger partial charge in [-0.15, -0.1) is 11.3 Å². The van der Waals surface area contributed by atoms with Crippen molar-refractivity contribution in [2.24, 2.45) is 0 Å². The van der Waals surface area contributed by atoms with Crippen LogP contribution in [0.3, 0.4) is 0 Å². The van der Waals surface area contributed by atoms with Gasteiger partial charge in [-0.3, -0.25) is 5.41 Å². The molecule has 0 aliphatic heterocycles. The van der Waals surface area contributed by atoms with E-state index in [-0.39, 0.29) is 0 Å². The Balaban J connectivity index is 1.42. The van der Waals surface area contributed by atoms with E-state index in [4.69, 9.17) is 5.41 Å². The maximum Gasteiger partial charge on any atom is 0.140 e. The number of amidine groups is 1. The van der Waals surface area contributed by atoms with Gasteiger partial charge in [0.05, 0.1) is 4.88 Å². The standard InChI is InChI=1S/C21H21N3S/c22-21(20-7-4-12-25-20)24-17-9-10-18-16(13-17)8-11-19(18)23-14-15-5-2-1-3-6-15/h1-7,9-10,12-13,19,23H,8,11,14H2,(H2,22,24). The average Bonchev–Trinajstić information content (AvgIpc) is 3.31. The Kier molecular flexibility index (Phi) is 4.63. The Hall–Kier alpha value is -2.43. The highest BCUT2D eigenvalue weighted by Crippen LogP contribution is 2.33. The van der Waals surface area contributed by atoms with E-state index in [1.54, 1.807) is 11.3 Å². The normalized spacial score (nSPS) is 15.8. The minimum Gasteiger partial charge on any atom is -0.340 e. The molecule has 126 valence electrons. The summed E-state index contributed by atoms with van der Waals surface area (Å²) in [5.74, 6) is 0.465. The summed E-state index contributed by atoms with van der Waals surface area (Å²) in [7, 11) is 0. The zero-order valence-electron chi connectivity index (χ0n) is 14.0. The van der Waals surface area contributed by atoms with Crippen molar-refractivity contribution in [3.63, 3.8) is 0 Å². The average molecular weight is 347 g/mol. The molecule has 1 aliphatic carbocycles. The minimum atomic E-state index is 0.418. The minimum absolute atomic E-state index is 0.418. The first kappa shape index (κ1) is 16.1. The lowest BCUT2D eigenvalue weighted by Crippen LogP contribution is -2.18. The number of rotatable bonds is 5. The first-order valence-corrected chi connectivity index (χ1v) is 9.47. The molecule has 0 radical (unpaired) electrons. The van der Waals surface area contributed by atoms with E-state index >= 15 is 0 Å². The van der Waals surface area contributed by atoms with Crippen molar-refractivity contribution in [1.29, 1.82) is 5.41 Å². The summed E-state index contributed by atoms with van der Waals surface area (Å²) >= 11 is 1.58. The third-order valence-electron chi connectivity index (χ3n) is 4.65. The zero-order valence-corrected chi connectivity index (χ0v) is 14.8. The predicted octanol–water partition coefficient (Wildman–Crippen LogP) is 4.96. The highest BCUT2D eigenvalue weighted by molar-refractivity contribution is 7.12. The monoisotopic (exact) mass is 347 g/mol. The van der Waals surface area contributed by atoms with Crippen molar-refractivity contribution in [2.45, 2.75) is 25.4 Å². The fourth-order valence-electron chi connectivity index (χ4n) is 3.37. The second-order valence-corrected chi connectivity index (χ2v) is 7.30. The van der Waals surface area contributed by atoms with E-state index in [0.717, 1.165) is 30.0 Å². The number of aryl methyl sites for hydroxylation is 1. The Bertz CT molecular complexity index is 856. The van der Waals surface area contributed by atoms with Crippen molar-refractivity contribution < 1.29 is 0 Å². The van der Waals surface area contributed by atoms with Crippen LogP contribution in [0.25, 0.3) is 0 Å². The molecule has 0 amide bonds. The van der Waals surface area contributed by atoms with Gasteiger partial charge in [-0.1, -0.05) is 42.5 Å². The molecule has 2 aromatic carbocycles. The molecule has 0 fully saturated rings. The second kappa shape index (κ2) is 7.21. The Morgan fingerprint density at radius 3 is 2.76 bits per heavy atom. The lowest BCUT2D eigenvalue weighted by Gasteiger charge is -2.15. The van der Waals surface area contributed by atoms with Crippen LogP contribution in [0.4, 0.5) is 5.69 Å². The van der Waals surface area contributed by atoms with Crippen LogP contribution in [0.5, 0.6) is 0 Å².